The number of nitrogens with two attached hydrogens (primary N) is 1. The van der Waals surface area contributed by atoms with Crippen molar-refractivity contribution in [3.63, 3.8) is 0 Å². The van der Waals surface area contributed by atoms with Crippen LogP contribution < -0.4 is 10.6 Å². The molecule has 0 spiro atoms. The summed E-state index contributed by atoms with van der Waals surface area (Å²) in [5.74, 6) is 1.07. The number of hydrogen-bond acceptors (Lipinski definition) is 2. The summed E-state index contributed by atoms with van der Waals surface area (Å²) >= 11 is 0. The van der Waals surface area contributed by atoms with Gasteiger partial charge in [-0.2, -0.15) is 0 Å². The Morgan fingerprint density at radius 1 is 1.37 bits per heavy atom. The number of nitrogens with one attached hydrogen (secondary N) is 1. The predicted molar refractivity (Wildman–Crippen MR) is 77.2 cm³/mol. The molecule has 0 amide bonds. The first-order valence-corrected chi connectivity index (χ1v) is 6.88. The summed E-state index contributed by atoms with van der Waals surface area (Å²) in [7, 11) is 0. The largest absolute Gasteiger partial charge is 0.384 e. The van der Waals surface area contributed by atoms with Crippen LogP contribution in [0.3, 0.4) is 0 Å². The summed E-state index contributed by atoms with van der Waals surface area (Å²) in [5.41, 5.74) is 6.44. The Morgan fingerprint density at radius 3 is 2.47 bits per heavy atom. The van der Waals surface area contributed by atoms with E-state index in [0.29, 0.717) is 17.2 Å². The molecule has 0 atom stereocenters. The minimum Gasteiger partial charge on any atom is -0.384 e. The number of piperidine rings is 1. The number of nitrogens with zero attached hydrogens (tertiary/aromatic N) is 1. The van der Waals surface area contributed by atoms with Crippen molar-refractivity contribution in [1.82, 2.24) is 0 Å². The quantitative estimate of drug-likeness (QED) is 0.650. The Morgan fingerprint density at radius 2 is 2.00 bits per heavy atom. The number of amidine groups is 1. The second-order valence-corrected chi connectivity index (χ2v) is 5.65. The fourth-order valence-corrected chi connectivity index (χ4v) is 2.74. The van der Waals surface area contributed by atoms with Gasteiger partial charge in [0, 0.05) is 18.7 Å². The van der Waals surface area contributed by atoms with E-state index in [2.05, 4.69) is 18.7 Å². The second-order valence-electron chi connectivity index (χ2n) is 5.65. The molecule has 1 saturated heterocycles. The van der Waals surface area contributed by atoms with E-state index in [1.807, 2.05) is 0 Å². The minimum absolute atomic E-state index is 0.0936. The number of rotatable bonds is 3. The lowest BCUT2D eigenvalue weighted by molar-refractivity contribution is 0.310. The highest BCUT2D eigenvalue weighted by atomic mass is 19.1. The molecule has 1 heterocycles. The van der Waals surface area contributed by atoms with E-state index < -0.39 is 0 Å². The lowest BCUT2D eigenvalue weighted by atomic mass is 9.86. The average molecular weight is 263 g/mol. The van der Waals surface area contributed by atoms with Crippen molar-refractivity contribution in [2.45, 2.75) is 26.7 Å². The zero-order valence-electron chi connectivity index (χ0n) is 11.6. The van der Waals surface area contributed by atoms with Crippen molar-refractivity contribution in [3.8, 4) is 0 Å². The Bertz CT molecular complexity index is 462. The number of halogens is 1. The molecule has 19 heavy (non-hydrogen) atoms. The van der Waals surface area contributed by atoms with Crippen LogP contribution >= 0.6 is 0 Å². The van der Waals surface area contributed by atoms with Crippen molar-refractivity contribution >= 4 is 11.5 Å². The van der Waals surface area contributed by atoms with E-state index in [-0.39, 0.29) is 11.7 Å². The van der Waals surface area contributed by atoms with Crippen molar-refractivity contribution in [1.29, 1.82) is 5.41 Å². The van der Waals surface area contributed by atoms with E-state index in [9.17, 15) is 4.39 Å². The molecule has 3 N–H and O–H groups in total. The molecular weight excluding hydrogens is 241 g/mol. The number of anilines is 1. The first kappa shape index (κ1) is 13.8. The van der Waals surface area contributed by atoms with Gasteiger partial charge in [-0.3, -0.25) is 5.41 Å². The van der Waals surface area contributed by atoms with Crippen LogP contribution in [0.1, 0.15) is 32.3 Å². The Labute approximate surface area is 114 Å². The van der Waals surface area contributed by atoms with Crippen molar-refractivity contribution in [3.05, 3.63) is 29.6 Å². The van der Waals surface area contributed by atoms with Gasteiger partial charge in [-0.1, -0.05) is 13.8 Å². The lowest BCUT2D eigenvalue weighted by Crippen LogP contribution is -2.35. The topological polar surface area (TPSA) is 53.1 Å². The minimum atomic E-state index is -0.282. The summed E-state index contributed by atoms with van der Waals surface area (Å²) in [5, 5.41) is 7.32. The summed E-state index contributed by atoms with van der Waals surface area (Å²) in [6.07, 6.45) is 2.23. The Balaban J connectivity index is 2.09. The molecule has 1 aromatic carbocycles. The van der Waals surface area contributed by atoms with Gasteiger partial charge in [0.15, 0.2) is 0 Å². The van der Waals surface area contributed by atoms with Crippen molar-refractivity contribution in [2.24, 2.45) is 17.6 Å². The normalized spacial score (nSPS) is 16.9. The molecule has 1 fully saturated rings. The first-order chi connectivity index (χ1) is 8.99. The summed E-state index contributed by atoms with van der Waals surface area (Å²) < 4.78 is 14.1. The van der Waals surface area contributed by atoms with Crippen LogP contribution in [0.15, 0.2) is 18.2 Å². The highest BCUT2D eigenvalue weighted by Gasteiger charge is 2.23. The monoisotopic (exact) mass is 263 g/mol. The zero-order chi connectivity index (χ0) is 14.0. The van der Waals surface area contributed by atoms with E-state index in [0.717, 1.165) is 31.8 Å². The number of nitrogen functional groups attached to an aromatic ring is 1. The molecule has 1 aromatic rings. The average Bonchev–Trinajstić information content (AvgIpc) is 2.38. The fourth-order valence-electron chi connectivity index (χ4n) is 2.74. The van der Waals surface area contributed by atoms with Gasteiger partial charge in [-0.15, -0.1) is 0 Å². The molecule has 104 valence electrons. The highest BCUT2D eigenvalue weighted by molar-refractivity contribution is 5.95. The van der Waals surface area contributed by atoms with Gasteiger partial charge in [-0.25, -0.2) is 4.39 Å². The first-order valence-electron chi connectivity index (χ1n) is 6.88. The van der Waals surface area contributed by atoms with Gasteiger partial charge in [0.25, 0.3) is 0 Å². The molecule has 0 aliphatic carbocycles. The van der Waals surface area contributed by atoms with Gasteiger partial charge < -0.3 is 10.6 Å². The molecular formula is C15H22FN3. The Hall–Kier alpha value is -1.58. The fraction of sp³-hybridized carbons (Fsp3) is 0.533. The third-order valence-electron chi connectivity index (χ3n) is 4.08. The molecule has 4 heteroatoms. The molecule has 0 unspecified atom stereocenters. The molecule has 0 radical (unpaired) electrons. The molecule has 0 bridgehead atoms. The van der Waals surface area contributed by atoms with Crippen LogP contribution in [-0.4, -0.2) is 18.9 Å². The summed E-state index contributed by atoms with van der Waals surface area (Å²) in [4.78, 5) is 2.10. The number of benzene rings is 1. The summed E-state index contributed by atoms with van der Waals surface area (Å²) in [6.45, 7) is 6.31. The van der Waals surface area contributed by atoms with Crippen molar-refractivity contribution in [2.75, 3.05) is 18.0 Å². The molecule has 0 aromatic heterocycles. The smallest absolute Gasteiger partial charge is 0.147 e. The van der Waals surface area contributed by atoms with E-state index in [4.69, 9.17) is 11.1 Å². The maximum Gasteiger partial charge on any atom is 0.147 e. The summed E-state index contributed by atoms with van der Waals surface area (Å²) in [6, 6.07) is 4.81. The van der Waals surface area contributed by atoms with Crippen LogP contribution in [0.5, 0.6) is 0 Å². The van der Waals surface area contributed by atoms with E-state index in [1.54, 1.807) is 12.1 Å². The third-order valence-corrected chi connectivity index (χ3v) is 4.08. The van der Waals surface area contributed by atoms with Crippen molar-refractivity contribution < 1.29 is 4.39 Å². The second kappa shape index (κ2) is 5.59. The van der Waals surface area contributed by atoms with Gasteiger partial charge in [-0.05, 0) is 42.9 Å². The SMILES string of the molecule is CC(C)C1CCN(c2ccc(C(=N)N)cc2F)CC1. The van der Waals surface area contributed by atoms with Crippen LogP contribution in [0.25, 0.3) is 0 Å². The van der Waals surface area contributed by atoms with Gasteiger partial charge in [0.1, 0.15) is 11.7 Å². The van der Waals surface area contributed by atoms with Crippen LogP contribution in [-0.2, 0) is 0 Å². The van der Waals surface area contributed by atoms with E-state index >= 15 is 0 Å². The van der Waals surface area contributed by atoms with Gasteiger partial charge in [0.2, 0.25) is 0 Å². The highest BCUT2D eigenvalue weighted by Crippen LogP contribution is 2.29. The van der Waals surface area contributed by atoms with Crippen LogP contribution in [0.2, 0.25) is 0 Å². The van der Waals surface area contributed by atoms with Crippen LogP contribution in [0, 0.1) is 23.1 Å². The molecule has 0 saturated carbocycles. The molecule has 1 aliphatic heterocycles. The Kier molecular flexibility index (Phi) is 4.08. The third kappa shape index (κ3) is 3.06. The van der Waals surface area contributed by atoms with Gasteiger partial charge in [0.05, 0.1) is 5.69 Å². The molecule has 3 nitrogen and oxygen atoms in total. The maximum atomic E-state index is 14.1. The number of hydrogen-bond donors (Lipinski definition) is 2. The predicted octanol–water partition coefficient (Wildman–Crippen LogP) is 2.98. The zero-order valence-corrected chi connectivity index (χ0v) is 11.6. The van der Waals surface area contributed by atoms with E-state index in [1.165, 1.54) is 6.07 Å². The standard InChI is InChI=1S/C15H22FN3/c1-10(2)11-5-7-19(8-6-11)14-4-3-12(15(17)18)9-13(14)16/h3-4,9-11H,5-8H2,1-2H3,(H3,17,18). The molecule has 2 rings (SSSR count). The maximum absolute atomic E-state index is 14.1. The molecule has 1 aliphatic rings. The lowest BCUT2D eigenvalue weighted by Gasteiger charge is -2.35. The van der Waals surface area contributed by atoms with Crippen LogP contribution in [0.4, 0.5) is 10.1 Å². The van der Waals surface area contributed by atoms with Gasteiger partial charge >= 0.3 is 0 Å².